The smallest absolute Gasteiger partial charge is 0.306 e. The Bertz CT molecular complexity index is 454. The van der Waals surface area contributed by atoms with Gasteiger partial charge in [-0.1, -0.05) is 20.8 Å². The minimum atomic E-state index is -1.93. The lowest BCUT2D eigenvalue weighted by Crippen LogP contribution is -2.45. The Balaban J connectivity index is 2.15. The molecule has 0 radical (unpaired) electrons. The Kier molecular flexibility index (Phi) is 4.73. The lowest BCUT2D eigenvalue weighted by atomic mass is 9.89. The highest BCUT2D eigenvalue weighted by molar-refractivity contribution is 6.74. The van der Waals surface area contributed by atoms with Crippen molar-refractivity contribution in [1.82, 2.24) is 0 Å². The molecule has 5 nitrogen and oxygen atoms in total. The first kappa shape index (κ1) is 17.5. The highest BCUT2D eigenvalue weighted by Gasteiger charge is 2.53. The largest absolute Gasteiger partial charge is 0.469 e. The Morgan fingerprint density at radius 3 is 2.55 bits per heavy atom. The first-order chi connectivity index (χ1) is 10.0. The summed E-state index contributed by atoms with van der Waals surface area (Å²) in [6, 6.07) is 0. The van der Waals surface area contributed by atoms with E-state index in [1.807, 2.05) is 0 Å². The summed E-state index contributed by atoms with van der Waals surface area (Å²) in [5.74, 6) is -0.302. The van der Waals surface area contributed by atoms with Crippen molar-refractivity contribution >= 4 is 20.3 Å². The summed E-state index contributed by atoms with van der Waals surface area (Å²) in [7, 11) is -0.533. The number of ether oxygens (including phenoxy) is 2. The second kappa shape index (κ2) is 5.96. The number of methoxy groups -OCH3 is 1. The van der Waals surface area contributed by atoms with Crippen molar-refractivity contribution in [2.45, 2.75) is 70.4 Å². The molecule has 1 aliphatic heterocycles. The molecule has 1 aliphatic carbocycles. The quantitative estimate of drug-likeness (QED) is 0.586. The van der Waals surface area contributed by atoms with Gasteiger partial charge in [-0.15, -0.1) is 0 Å². The van der Waals surface area contributed by atoms with Crippen LogP contribution in [0.4, 0.5) is 0 Å². The topological polar surface area (TPSA) is 61.8 Å². The molecule has 0 spiro atoms. The van der Waals surface area contributed by atoms with Crippen LogP contribution in [0, 0.1) is 11.8 Å². The number of hydrogen-bond acceptors (Lipinski definition) is 5. The van der Waals surface area contributed by atoms with Gasteiger partial charge >= 0.3 is 11.9 Å². The summed E-state index contributed by atoms with van der Waals surface area (Å²) in [5, 5.41) is 0.108. The van der Waals surface area contributed by atoms with Crippen LogP contribution in [-0.2, 0) is 23.5 Å². The molecule has 0 aromatic rings. The van der Waals surface area contributed by atoms with Gasteiger partial charge in [0.2, 0.25) is 0 Å². The first-order valence-electron chi connectivity index (χ1n) is 7.99. The second-order valence-electron chi connectivity index (χ2n) is 7.99. The number of carbonyl (C=O) groups is 2. The predicted octanol–water partition coefficient (Wildman–Crippen LogP) is 2.89. The molecule has 1 heterocycles. The van der Waals surface area contributed by atoms with Crippen molar-refractivity contribution in [3.05, 3.63) is 0 Å². The third-order valence-electron chi connectivity index (χ3n) is 5.54. The Labute approximate surface area is 133 Å². The number of fused-ring (bicyclic) bond motifs is 1. The van der Waals surface area contributed by atoms with Crippen LogP contribution < -0.4 is 0 Å². The molecule has 0 amide bonds. The summed E-state index contributed by atoms with van der Waals surface area (Å²) in [6.45, 7) is 11.0. The van der Waals surface area contributed by atoms with Gasteiger partial charge in [-0.25, -0.2) is 0 Å². The van der Waals surface area contributed by atoms with Crippen molar-refractivity contribution in [1.29, 1.82) is 0 Å². The highest BCUT2D eigenvalue weighted by Crippen LogP contribution is 2.47. The summed E-state index contributed by atoms with van der Waals surface area (Å²) in [5.41, 5.74) is 0. The average molecular weight is 328 g/mol. The zero-order valence-electron chi connectivity index (χ0n) is 14.5. The summed E-state index contributed by atoms with van der Waals surface area (Å²) in [6.07, 6.45) is 1.27. The number of esters is 2. The van der Waals surface area contributed by atoms with Gasteiger partial charge in [-0.3, -0.25) is 9.59 Å². The van der Waals surface area contributed by atoms with E-state index < -0.39 is 8.32 Å². The van der Waals surface area contributed by atoms with Crippen LogP contribution in [0.3, 0.4) is 0 Å². The van der Waals surface area contributed by atoms with E-state index in [4.69, 9.17) is 13.9 Å². The third kappa shape index (κ3) is 3.38. The summed E-state index contributed by atoms with van der Waals surface area (Å²) >= 11 is 0. The molecule has 2 fully saturated rings. The summed E-state index contributed by atoms with van der Waals surface area (Å²) in [4.78, 5) is 23.3. The molecule has 126 valence electrons. The van der Waals surface area contributed by atoms with E-state index in [1.165, 1.54) is 7.11 Å². The van der Waals surface area contributed by atoms with Crippen LogP contribution in [0.2, 0.25) is 18.1 Å². The molecule has 22 heavy (non-hydrogen) atoms. The van der Waals surface area contributed by atoms with E-state index in [9.17, 15) is 9.59 Å². The number of carbonyl (C=O) groups excluding carboxylic acids is 2. The average Bonchev–Trinajstić information content (AvgIpc) is 2.86. The van der Waals surface area contributed by atoms with Crippen LogP contribution in [0.5, 0.6) is 0 Å². The molecule has 0 unspecified atom stereocenters. The predicted molar refractivity (Wildman–Crippen MR) is 84.8 cm³/mol. The van der Waals surface area contributed by atoms with Gasteiger partial charge in [0.25, 0.3) is 0 Å². The maximum absolute atomic E-state index is 11.8. The van der Waals surface area contributed by atoms with Crippen LogP contribution in [0.25, 0.3) is 0 Å². The molecule has 0 aromatic carbocycles. The van der Waals surface area contributed by atoms with Crippen LogP contribution >= 0.6 is 0 Å². The lowest BCUT2D eigenvalue weighted by molar-refractivity contribution is -0.144. The maximum atomic E-state index is 11.8. The number of rotatable bonds is 4. The highest BCUT2D eigenvalue weighted by atomic mass is 28.4. The normalized spacial score (nSPS) is 31.8. The van der Waals surface area contributed by atoms with E-state index in [1.54, 1.807) is 0 Å². The van der Waals surface area contributed by atoms with Gasteiger partial charge in [-0.05, 0) is 18.1 Å². The molecule has 1 saturated heterocycles. The van der Waals surface area contributed by atoms with Crippen LogP contribution in [-0.4, -0.2) is 39.6 Å². The van der Waals surface area contributed by atoms with Crippen molar-refractivity contribution in [2.75, 3.05) is 7.11 Å². The molecule has 2 rings (SSSR count). The molecule has 0 bridgehead atoms. The van der Waals surface area contributed by atoms with E-state index in [0.717, 1.165) is 0 Å². The van der Waals surface area contributed by atoms with E-state index in [2.05, 4.69) is 33.9 Å². The maximum Gasteiger partial charge on any atom is 0.306 e. The van der Waals surface area contributed by atoms with Crippen molar-refractivity contribution < 1.29 is 23.5 Å². The van der Waals surface area contributed by atoms with Crippen molar-refractivity contribution in [2.24, 2.45) is 11.8 Å². The van der Waals surface area contributed by atoms with Crippen LogP contribution in [0.1, 0.15) is 40.0 Å². The fraction of sp³-hybridized carbons (Fsp3) is 0.875. The Morgan fingerprint density at radius 2 is 2.00 bits per heavy atom. The molecule has 0 N–H and O–H groups in total. The fourth-order valence-electron chi connectivity index (χ4n) is 3.21. The minimum absolute atomic E-state index is 0.0121. The molecule has 4 atom stereocenters. The molecular weight excluding hydrogens is 300 g/mol. The third-order valence-corrected chi connectivity index (χ3v) is 10.0. The lowest BCUT2D eigenvalue weighted by Gasteiger charge is -2.40. The van der Waals surface area contributed by atoms with E-state index in [0.29, 0.717) is 19.3 Å². The monoisotopic (exact) mass is 328 g/mol. The van der Waals surface area contributed by atoms with Gasteiger partial charge in [0, 0.05) is 18.3 Å². The standard InChI is InChI=1S/C16H28O5Si/c1-16(2,3)22(5,6)21-13-9-12-10(8-15(18)20-12)11(13)7-14(17)19-4/h10-13H,7-9H2,1-6H3/t10-,11+,12+,13-/m0/s1. The Morgan fingerprint density at radius 1 is 1.36 bits per heavy atom. The molecular formula is C16H28O5Si. The van der Waals surface area contributed by atoms with E-state index >= 15 is 0 Å². The minimum Gasteiger partial charge on any atom is -0.469 e. The fourth-order valence-corrected chi connectivity index (χ4v) is 4.59. The van der Waals surface area contributed by atoms with Gasteiger partial charge in [0.15, 0.2) is 8.32 Å². The molecule has 6 heteroatoms. The molecule has 1 saturated carbocycles. The van der Waals surface area contributed by atoms with Crippen LogP contribution in [0.15, 0.2) is 0 Å². The van der Waals surface area contributed by atoms with Crippen molar-refractivity contribution in [3.63, 3.8) is 0 Å². The van der Waals surface area contributed by atoms with Gasteiger partial charge in [0.1, 0.15) is 6.10 Å². The van der Waals surface area contributed by atoms with Gasteiger partial charge in [0.05, 0.1) is 26.1 Å². The zero-order chi connectivity index (χ0) is 16.7. The van der Waals surface area contributed by atoms with E-state index in [-0.39, 0.29) is 41.0 Å². The first-order valence-corrected chi connectivity index (χ1v) is 10.9. The second-order valence-corrected chi connectivity index (χ2v) is 12.7. The molecule has 0 aromatic heterocycles. The zero-order valence-corrected chi connectivity index (χ0v) is 15.5. The van der Waals surface area contributed by atoms with Gasteiger partial charge < -0.3 is 13.9 Å². The number of hydrogen-bond donors (Lipinski definition) is 0. The molecule has 2 aliphatic rings. The summed E-state index contributed by atoms with van der Waals surface area (Å²) < 4.78 is 16.8. The van der Waals surface area contributed by atoms with Crippen molar-refractivity contribution in [3.8, 4) is 0 Å². The Hall–Kier alpha value is -0.883. The van der Waals surface area contributed by atoms with Gasteiger partial charge in [-0.2, -0.15) is 0 Å². The SMILES string of the molecule is COC(=O)C[C@@H]1[C@@H]2CC(=O)O[C@@H]2C[C@@H]1O[Si](C)(C)C(C)(C)C.